The third-order valence-electron chi connectivity index (χ3n) is 2.49. The summed E-state index contributed by atoms with van der Waals surface area (Å²) in [6.45, 7) is 6.90. The van der Waals surface area contributed by atoms with Crippen LogP contribution in [0, 0.1) is 5.92 Å². The molecule has 0 saturated carbocycles. The zero-order valence-corrected chi connectivity index (χ0v) is 11.1. The molecule has 1 aliphatic heterocycles. The molecular formula is C10H22N2O3S. The molecule has 0 bridgehead atoms. The minimum Gasteiger partial charge on any atom is -0.381 e. The van der Waals surface area contributed by atoms with Gasteiger partial charge in [0.2, 0.25) is 10.0 Å². The monoisotopic (exact) mass is 250 g/mol. The highest BCUT2D eigenvalue weighted by atomic mass is 32.2. The predicted molar refractivity (Wildman–Crippen MR) is 63.9 cm³/mol. The van der Waals surface area contributed by atoms with Crippen LogP contribution in [-0.4, -0.2) is 46.5 Å². The third kappa shape index (κ3) is 5.79. The molecule has 0 aliphatic carbocycles. The molecule has 0 aromatic rings. The molecule has 16 heavy (non-hydrogen) atoms. The SMILES string of the molecule is CC(C)(CNCC1CCOC1)NS(C)(=O)=O. The van der Waals surface area contributed by atoms with Crippen molar-refractivity contribution in [3.8, 4) is 0 Å². The van der Waals surface area contributed by atoms with Crippen LogP contribution in [0.1, 0.15) is 20.3 Å². The maximum atomic E-state index is 11.1. The predicted octanol–water partition coefficient (Wildman–Crippen LogP) is -0.0597. The molecule has 1 saturated heterocycles. The molecule has 0 radical (unpaired) electrons. The van der Waals surface area contributed by atoms with Crippen molar-refractivity contribution < 1.29 is 13.2 Å². The molecule has 0 aromatic carbocycles. The Morgan fingerprint density at radius 1 is 1.44 bits per heavy atom. The molecule has 0 spiro atoms. The quantitative estimate of drug-likeness (QED) is 0.693. The molecule has 0 amide bonds. The summed E-state index contributed by atoms with van der Waals surface area (Å²) < 4.78 is 30.1. The van der Waals surface area contributed by atoms with Gasteiger partial charge in [-0.05, 0) is 26.2 Å². The minimum atomic E-state index is -3.15. The second-order valence-corrected chi connectivity index (χ2v) is 6.87. The molecule has 1 unspecified atom stereocenters. The molecule has 1 fully saturated rings. The highest BCUT2D eigenvalue weighted by molar-refractivity contribution is 7.88. The second-order valence-electron chi connectivity index (χ2n) is 5.12. The van der Waals surface area contributed by atoms with Crippen LogP contribution in [0.3, 0.4) is 0 Å². The summed E-state index contributed by atoms with van der Waals surface area (Å²) in [4.78, 5) is 0. The van der Waals surface area contributed by atoms with E-state index in [1.807, 2.05) is 13.8 Å². The van der Waals surface area contributed by atoms with Crippen LogP contribution in [0.4, 0.5) is 0 Å². The van der Waals surface area contributed by atoms with Crippen LogP contribution < -0.4 is 10.0 Å². The Balaban J connectivity index is 2.24. The largest absolute Gasteiger partial charge is 0.381 e. The summed E-state index contributed by atoms with van der Waals surface area (Å²) in [6, 6.07) is 0. The van der Waals surface area contributed by atoms with Gasteiger partial charge >= 0.3 is 0 Å². The average Bonchev–Trinajstić information content (AvgIpc) is 2.51. The van der Waals surface area contributed by atoms with E-state index < -0.39 is 15.6 Å². The van der Waals surface area contributed by atoms with Crippen LogP contribution >= 0.6 is 0 Å². The molecule has 1 aliphatic rings. The number of hydrogen-bond donors (Lipinski definition) is 2. The average molecular weight is 250 g/mol. The van der Waals surface area contributed by atoms with Crippen LogP contribution in [0.25, 0.3) is 0 Å². The highest BCUT2D eigenvalue weighted by Gasteiger charge is 2.22. The first-order valence-corrected chi connectivity index (χ1v) is 7.45. The lowest BCUT2D eigenvalue weighted by atomic mass is 10.1. The van der Waals surface area contributed by atoms with Crippen molar-refractivity contribution in [1.82, 2.24) is 10.0 Å². The van der Waals surface area contributed by atoms with Crippen molar-refractivity contribution in [3.05, 3.63) is 0 Å². The van der Waals surface area contributed by atoms with E-state index in [1.54, 1.807) is 0 Å². The van der Waals surface area contributed by atoms with Gasteiger partial charge in [-0.1, -0.05) is 0 Å². The second kappa shape index (κ2) is 5.44. The fourth-order valence-corrected chi connectivity index (χ4v) is 2.95. The van der Waals surface area contributed by atoms with Crippen molar-refractivity contribution in [2.75, 3.05) is 32.6 Å². The zero-order chi connectivity index (χ0) is 12.2. The van der Waals surface area contributed by atoms with Gasteiger partial charge in [-0.2, -0.15) is 0 Å². The molecule has 96 valence electrons. The van der Waals surface area contributed by atoms with Gasteiger partial charge in [0, 0.05) is 25.2 Å². The Kier molecular flexibility index (Phi) is 4.73. The summed E-state index contributed by atoms with van der Waals surface area (Å²) in [5.74, 6) is 0.564. The molecule has 1 rings (SSSR count). The Morgan fingerprint density at radius 2 is 2.12 bits per heavy atom. The van der Waals surface area contributed by atoms with Crippen LogP contribution in [-0.2, 0) is 14.8 Å². The summed E-state index contributed by atoms with van der Waals surface area (Å²) in [6.07, 6.45) is 2.27. The molecule has 0 aromatic heterocycles. The Labute approximate surface area is 98.0 Å². The zero-order valence-electron chi connectivity index (χ0n) is 10.2. The Hall–Kier alpha value is -0.170. The van der Waals surface area contributed by atoms with E-state index in [-0.39, 0.29) is 0 Å². The van der Waals surface area contributed by atoms with Gasteiger partial charge in [0.15, 0.2) is 0 Å². The first-order chi connectivity index (χ1) is 7.29. The fourth-order valence-electron chi connectivity index (χ4n) is 1.87. The van der Waals surface area contributed by atoms with Crippen LogP contribution in [0.2, 0.25) is 0 Å². The van der Waals surface area contributed by atoms with Gasteiger partial charge in [0.05, 0.1) is 12.9 Å². The fraction of sp³-hybridized carbons (Fsp3) is 1.00. The Bertz CT molecular complexity index is 308. The molecule has 2 N–H and O–H groups in total. The van der Waals surface area contributed by atoms with E-state index in [2.05, 4.69) is 10.0 Å². The van der Waals surface area contributed by atoms with Crippen molar-refractivity contribution in [2.45, 2.75) is 25.8 Å². The smallest absolute Gasteiger partial charge is 0.209 e. The third-order valence-corrected chi connectivity index (χ3v) is 3.41. The first kappa shape index (κ1) is 13.9. The number of nitrogens with one attached hydrogen (secondary N) is 2. The van der Waals surface area contributed by atoms with Gasteiger partial charge in [0.1, 0.15) is 0 Å². The van der Waals surface area contributed by atoms with E-state index in [1.165, 1.54) is 6.26 Å². The van der Waals surface area contributed by atoms with Gasteiger partial charge in [-0.3, -0.25) is 0 Å². The summed E-state index contributed by atoms with van der Waals surface area (Å²) in [5, 5.41) is 3.28. The van der Waals surface area contributed by atoms with Crippen LogP contribution in [0.5, 0.6) is 0 Å². The van der Waals surface area contributed by atoms with E-state index in [0.717, 1.165) is 26.2 Å². The molecular weight excluding hydrogens is 228 g/mol. The lowest BCUT2D eigenvalue weighted by Gasteiger charge is -2.26. The van der Waals surface area contributed by atoms with Gasteiger partial charge < -0.3 is 10.1 Å². The lowest BCUT2D eigenvalue weighted by molar-refractivity contribution is 0.185. The van der Waals surface area contributed by atoms with E-state index in [4.69, 9.17) is 4.74 Å². The normalized spacial score (nSPS) is 22.6. The van der Waals surface area contributed by atoms with Gasteiger partial charge in [0.25, 0.3) is 0 Å². The first-order valence-electron chi connectivity index (χ1n) is 5.56. The van der Waals surface area contributed by atoms with Crippen molar-refractivity contribution in [2.24, 2.45) is 5.92 Å². The molecule has 5 nitrogen and oxygen atoms in total. The van der Waals surface area contributed by atoms with Gasteiger partial charge in [-0.25, -0.2) is 13.1 Å². The summed E-state index contributed by atoms with van der Waals surface area (Å²) in [7, 11) is -3.15. The number of ether oxygens (including phenoxy) is 1. The topological polar surface area (TPSA) is 67.4 Å². The highest BCUT2D eigenvalue weighted by Crippen LogP contribution is 2.11. The van der Waals surface area contributed by atoms with Crippen molar-refractivity contribution >= 4 is 10.0 Å². The van der Waals surface area contributed by atoms with E-state index in [0.29, 0.717) is 12.5 Å². The number of sulfonamides is 1. The van der Waals surface area contributed by atoms with Crippen LogP contribution in [0.15, 0.2) is 0 Å². The molecule has 1 atom stereocenters. The van der Waals surface area contributed by atoms with E-state index in [9.17, 15) is 8.42 Å². The minimum absolute atomic E-state index is 0.451. The summed E-state index contributed by atoms with van der Waals surface area (Å²) >= 11 is 0. The summed E-state index contributed by atoms with van der Waals surface area (Å²) in [5.41, 5.74) is -0.451. The maximum Gasteiger partial charge on any atom is 0.209 e. The lowest BCUT2D eigenvalue weighted by Crippen LogP contribution is -2.50. The van der Waals surface area contributed by atoms with E-state index >= 15 is 0 Å². The standard InChI is InChI=1S/C10H22N2O3S/c1-10(2,12-16(3,13)14)8-11-6-9-4-5-15-7-9/h9,11-12H,4-8H2,1-3H3. The molecule has 6 heteroatoms. The maximum absolute atomic E-state index is 11.1. The molecule has 1 heterocycles. The Morgan fingerprint density at radius 3 is 2.62 bits per heavy atom. The number of hydrogen-bond acceptors (Lipinski definition) is 4. The number of rotatable bonds is 6. The van der Waals surface area contributed by atoms with Crippen molar-refractivity contribution in [3.63, 3.8) is 0 Å². The van der Waals surface area contributed by atoms with Gasteiger partial charge in [-0.15, -0.1) is 0 Å². The van der Waals surface area contributed by atoms with Crippen molar-refractivity contribution in [1.29, 1.82) is 0 Å².